The molecule has 0 aliphatic carbocycles. The summed E-state index contributed by atoms with van der Waals surface area (Å²) in [6, 6.07) is 32.2. The number of benzene rings is 4. The van der Waals surface area contributed by atoms with Crippen LogP contribution in [0.4, 0.5) is 11.4 Å². The molecule has 7 rings (SSSR count). The zero-order valence-corrected chi connectivity index (χ0v) is 28.7. The van der Waals surface area contributed by atoms with Crippen molar-refractivity contribution in [1.29, 1.82) is 0 Å². The monoisotopic (exact) mass is 684 g/mol. The molecule has 4 aromatic carbocycles. The Hall–Kier alpha value is -4.48. The highest BCUT2D eigenvalue weighted by atomic mass is 16.5. The van der Waals surface area contributed by atoms with Crippen LogP contribution in [-0.4, -0.2) is 92.2 Å². The van der Waals surface area contributed by atoms with Gasteiger partial charge in [0.2, 0.25) is 0 Å². The molecule has 50 heavy (non-hydrogen) atoms. The second-order valence-electron chi connectivity index (χ2n) is 11.9. The second-order valence-corrected chi connectivity index (χ2v) is 11.9. The summed E-state index contributed by atoms with van der Waals surface area (Å²) >= 11 is 0. The largest absolute Gasteiger partial charge is 0.489 e. The van der Waals surface area contributed by atoms with Gasteiger partial charge in [-0.1, -0.05) is 60.7 Å². The highest BCUT2D eigenvalue weighted by Gasteiger charge is 2.18. The second kappa shape index (κ2) is 19.6. The summed E-state index contributed by atoms with van der Waals surface area (Å²) in [7, 11) is 0. The predicted molar refractivity (Wildman–Crippen MR) is 193 cm³/mol. The third-order valence-electron chi connectivity index (χ3n) is 8.40. The average molecular weight is 685 g/mol. The molecule has 0 unspecified atom stereocenters. The normalized spacial score (nSPS) is 17.0. The van der Waals surface area contributed by atoms with Gasteiger partial charge in [-0.2, -0.15) is 0 Å². The molecular formula is C40H48N2O8. The minimum absolute atomic E-state index is 0.343. The van der Waals surface area contributed by atoms with E-state index in [0.29, 0.717) is 105 Å². The van der Waals surface area contributed by atoms with Gasteiger partial charge >= 0.3 is 0 Å². The molecule has 0 atom stereocenters. The van der Waals surface area contributed by atoms with E-state index in [0.717, 1.165) is 45.5 Å². The van der Waals surface area contributed by atoms with Crippen LogP contribution in [0.15, 0.2) is 97.1 Å². The molecule has 3 aliphatic heterocycles. The summed E-state index contributed by atoms with van der Waals surface area (Å²) < 4.78 is 49.4. The van der Waals surface area contributed by atoms with E-state index in [4.69, 9.17) is 37.9 Å². The summed E-state index contributed by atoms with van der Waals surface area (Å²) in [6.07, 6.45) is 0. The van der Waals surface area contributed by atoms with Crippen molar-refractivity contribution in [2.45, 2.75) is 13.2 Å². The molecule has 3 aliphatic rings. The Kier molecular flexibility index (Phi) is 13.9. The molecule has 266 valence electrons. The van der Waals surface area contributed by atoms with Crippen molar-refractivity contribution in [3.05, 3.63) is 108 Å². The van der Waals surface area contributed by atoms with Gasteiger partial charge in [0.25, 0.3) is 0 Å². The van der Waals surface area contributed by atoms with E-state index in [1.165, 1.54) is 0 Å². The van der Waals surface area contributed by atoms with Crippen LogP contribution in [-0.2, 0) is 32.2 Å². The zero-order chi connectivity index (χ0) is 34.1. The Balaban J connectivity index is 1.26. The van der Waals surface area contributed by atoms with Crippen LogP contribution in [0.5, 0.6) is 23.0 Å². The van der Waals surface area contributed by atoms with E-state index in [-0.39, 0.29) is 0 Å². The van der Waals surface area contributed by atoms with Crippen molar-refractivity contribution in [2.24, 2.45) is 0 Å². The molecular weight excluding hydrogens is 636 g/mol. The molecule has 0 aromatic heterocycles. The van der Waals surface area contributed by atoms with Gasteiger partial charge in [0.15, 0.2) is 0 Å². The highest BCUT2D eigenvalue weighted by Crippen LogP contribution is 2.35. The molecule has 0 radical (unpaired) electrons. The van der Waals surface area contributed by atoms with Crippen molar-refractivity contribution in [3.8, 4) is 23.0 Å². The quantitative estimate of drug-likeness (QED) is 0.241. The summed E-state index contributed by atoms with van der Waals surface area (Å²) in [6.45, 7) is 8.27. The fraction of sp³-hybridized carbons (Fsp3) is 0.400. The Bertz CT molecular complexity index is 1420. The summed E-state index contributed by atoms with van der Waals surface area (Å²) in [5.74, 6) is 2.98. The van der Waals surface area contributed by atoms with Crippen LogP contribution in [0, 0.1) is 0 Å². The Morgan fingerprint density at radius 3 is 1.18 bits per heavy atom. The Morgan fingerprint density at radius 2 is 0.800 bits per heavy atom. The van der Waals surface area contributed by atoms with E-state index >= 15 is 0 Å². The lowest BCUT2D eigenvalue weighted by Crippen LogP contribution is -2.34. The summed E-state index contributed by atoms with van der Waals surface area (Å²) in [5.41, 5.74) is 4.02. The van der Waals surface area contributed by atoms with Crippen LogP contribution in [0.1, 0.15) is 11.1 Å². The fourth-order valence-corrected chi connectivity index (χ4v) is 5.75. The molecule has 1 saturated heterocycles. The van der Waals surface area contributed by atoms with Gasteiger partial charge in [0.05, 0.1) is 64.2 Å². The van der Waals surface area contributed by atoms with Gasteiger partial charge in [-0.15, -0.1) is 0 Å². The standard InChI is InChI=1S/C40H48N2O8/c1-3-7-33(8-4-1)31-49-35-11-13-39-37(29-35)41-15-19-43-23-25-45-21-17-42(18-22-46-26-24-44-20-16-41)38-30-36(12-14-40(38)48-28-27-47-39)50-32-34-9-5-2-6-10-34/h1-14,29-30H,15-28,31-32H2. The third-order valence-corrected chi connectivity index (χ3v) is 8.40. The van der Waals surface area contributed by atoms with Gasteiger partial charge in [0.1, 0.15) is 49.4 Å². The molecule has 0 amide bonds. The van der Waals surface area contributed by atoms with E-state index in [1.807, 2.05) is 72.8 Å². The first-order chi connectivity index (χ1) is 24.8. The number of rotatable bonds is 6. The fourth-order valence-electron chi connectivity index (χ4n) is 5.75. The topological polar surface area (TPSA) is 80.3 Å². The molecule has 10 heteroatoms. The summed E-state index contributed by atoms with van der Waals surface area (Å²) in [5, 5.41) is 0. The first kappa shape index (κ1) is 35.3. The molecule has 2 bridgehead atoms. The number of hydrogen-bond acceptors (Lipinski definition) is 10. The van der Waals surface area contributed by atoms with Gasteiger partial charge in [-0.25, -0.2) is 0 Å². The van der Waals surface area contributed by atoms with Crippen molar-refractivity contribution >= 4 is 11.4 Å². The first-order valence-electron chi connectivity index (χ1n) is 17.5. The van der Waals surface area contributed by atoms with Crippen LogP contribution in [0.2, 0.25) is 0 Å². The van der Waals surface area contributed by atoms with Crippen molar-refractivity contribution < 1.29 is 37.9 Å². The van der Waals surface area contributed by atoms with Crippen LogP contribution < -0.4 is 28.7 Å². The van der Waals surface area contributed by atoms with Gasteiger partial charge in [0, 0.05) is 38.3 Å². The molecule has 10 nitrogen and oxygen atoms in total. The molecule has 0 N–H and O–H groups in total. The number of fused-ring (bicyclic) bond motifs is 17. The molecule has 3 heterocycles. The number of anilines is 2. The van der Waals surface area contributed by atoms with Crippen LogP contribution in [0.25, 0.3) is 0 Å². The lowest BCUT2D eigenvalue weighted by atomic mass is 10.2. The zero-order valence-electron chi connectivity index (χ0n) is 28.7. The average Bonchev–Trinajstić information content (AvgIpc) is 3.16. The van der Waals surface area contributed by atoms with Gasteiger partial charge in [-0.3, -0.25) is 0 Å². The highest BCUT2D eigenvalue weighted by molar-refractivity contribution is 5.63. The molecule has 0 saturated carbocycles. The van der Waals surface area contributed by atoms with Gasteiger partial charge < -0.3 is 47.7 Å². The predicted octanol–water partition coefficient (Wildman–Crippen LogP) is 6.01. The number of nitrogens with zero attached hydrogens (tertiary/aromatic N) is 2. The van der Waals surface area contributed by atoms with E-state index in [1.54, 1.807) is 0 Å². The minimum atomic E-state index is 0.343. The van der Waals surface area contributed by atoms with E-state index in [2.05, 4.69) is 34.1 Å². The molecule has 1 fully saturated rings. The van der Waals surface area contributed by atoms with E-state index in [9.17, 15) is 0 Å². The van der Waals surface area contributed by atoms with Crippen LogP contribution in [0.3, 0.4) is 0 Å². The maximum absolute atomic E-state index is 6.42. The first-order valence-corrected chi connectivity index (χ1v) is 17.5. The third kappa shape index (κ3) is 11.0. The molecule has 0 spiro atoms. The van der Waals surface area contributed by atoms with E-state index < -0.39 is 0 Å². The number of ether oxygens (including phenoxy) is 8. The summed E-state index contributed by atoms with van der Waals surface area (Å²) in [4.78, 5) is 4.45. The number of hydrogen-bond donors (Lipinski definition) is 0. The minimum Gasteiger partial charge on any atom is -0.489 e. The van der Waals surface area contributed by atoms with Crippen molar-refractivity contribution in [1.82, 2.24) is 0 Å². The molecule has 4 aromatic rings. The van der Waals surface area contributed by atoms with Crippen LogP contribution >= 0.6 is 0 Å². The smallest absolute Gasteiger partial charge is 0.143 e. The Morgan fingerprint density at radius 1 is 0.420 bits per heavy atom. The van der Waals surface area contributed by atoms with Crippen molar-refractivity contribution in [3.63, 3.8) is 0 Å². The van der Waals surface area contributed by atoms with Crippen molar-refractivity contribution in [2.75, 3.05) is 102 Å². The van der Waals surface area contributed by atoms with Gasteiger partial charge in [-0.05, 0) is 35.4 Å². The lowest BCUT2D eigenvalue weighted by molar-refractivity contribution is 0.0434. The maximum atomic E-state index is 6.42. The SMILES string of the molecule is c1ccc(COc2ccc3c(c2)N2CCOCCOCCN(CCOCCOCC2)c2cc(OCc4ccccc4)ccc2OCCO3)cc1. The maximum Gasteiger partial charge on any atom is 0.143 e. The Labute approximate surface area is 295 Å². The lowest BCUT2D eigenvalue weighted by Gasteiger charge is -2.29.